The first kappa shape index (κ1) is 21.1. The van der Waals surface area contributed by atoms with Gasteiger partial charge in [0.05, 0.1) is 23.6 Å². The van der Waals surface area contributed by atoms with Crippen LogP contribution in [-0.2, 0) is 24.2 Å². The highest BCUT2D eigenvalue weighted by atomic mass is 16.5. The highest BCUT2D eigenvalue weighted by molar-refractivity contribution is 5.78. The SMILES string of the molecule is O=c1c2ccccc2n(C2CCOCC2)c(=O)n1C[C@H](O)CN1CCc2ccccc2C1. The maximum absolute atomic E-state index is 13.5. The maximum Gasteiger partial charge on any atom is 0.331 e. The number of ether oxygens (including phenoxy) is 1. The Balaban J connectivity index is 1.43. The first-order chi connectivity index (χ1) is 15.6. The lowest BCUT2D eigenvalue weighted by atomic mass is 10.00. The van der Waals surface area contributed by atoms with Crippen molar-refractivity contribution in [1.82, 2.24) is 14.0 Å². The summed E-state index contributed by atoms with van der Waals surface area (Å²) in [7, 11) is 0. The second-order valence-corrected chi connectivity index (χ2v) is 8.84. The van der Waals surface area contributed by atoms with Crippen LogP contribution in [0.5, 0.6) is 0 Å². The lowest BCUT2D eigenvalue weighted by Gasteiger charge is -2.30. The number of aliphatic hydroxyl groups excluding tert-OH is 1. The highest BCUT2D eigenvalue weighted by Crippen LogP contribution is 2.23. The summed E-state index contributed by atoms with van der Waals surface area (Å²) in [6.45, 7) is 3.24. The van der Waals surface area contributed by atoms with E-state index in [0.29, 0.717) is 30.7 Å². The van der Waals surface area contributed by atoms with E-state index in [-0.39, 0.29) is 23.8 Å². The zero-order valence-corrected chi connectivity index (χ0v) is 18.2. The summed E-state index contributed by atoms with van der Waals surface area (Å²) < 4.78 is 8.43. The van der Waals surface area contributed by atoms with Gasteiger partial charge in [0.15, 0.2) is 0 Å². The third-order valence-corrected chi connectivity index (χ3v) is 6.70. The summed E-state index contributed by atoms with van der Waals surface area (Å²) in [4.78, 5) is 28.8. The van der Waals surface area contributed by atoms with Crippen molar-refractivity contribution in [2.75, 3.05) is 26.3 Å². The van der Waals surface area contributed by atoms with Gasteiger partial charge in [-0.2, -0.15) is 0 Å². The second kappa shape index (κ2) is 9.02. The molecule has 1 fully saturated rings. The average molecular weight is 436 g/mol. The molecule has 1 atom stereocenters. The van der Waals surface area contributed by atoms with Crippen LogP contribution in [0.15, 0.2) is 58.1 Å². The molecule has 0 saturated carbocycles. The van der Waals surface area contributed by atoms with Gasteiger partial charge in [0.25, 0.3) is 5.56 Å². The Morgan fingerprint density at radius 3 is 2.50 bits per heavy atom. The third kappa shape index (κ3) is 4.03. The normalized spacial score (nSPS) is 18.5. The van der Waals surface area contributed by atoms with Crippen LogP contribution in [0.1, 0.15) is 30.0 Å². The largest absolute Gasteiger partial charge is 0.390 e. The van der Waals surface area contributed by atoms with Crippen molar-refractivity contribution < 1.29 is 9.84 Å². The van der Waals surface area contributed by atoms with Gasteiger partial charge in [-0.3, -0.25) is 18.8 Å². The van der Waals surface area contributed by atoms with Gasteiger partial charge < -0.3 is 9.84 Å². The first-order valence-corrected chi connectivity index (χ1v) is 11.4. The first-order valence-electron chi connectivity index (χ1n) is 11.4. The number of rotatable bonds is 5. The van der Waals surface area contributed by atoms with E-state index in [2.05, 4.69) is 23.1 Å². The van der Waals surface area contributed by atoms with Gasteiger partial charge in [-0.15, -0.1) is 0 Å². The molecule has 168 valence electrons. The molecular formula is C25H29N3O4. The number of para-hydroxylation sites is 1. The van der Waals surface area contributed by atoms with Crippen molar-refractivity contribution in [1.29, 1.82) is 0 Å². The summed E-state index contributed by atoms with van der Waals surface area (Å²) in [5, 5.41) is 11.4. The van der Waals surface area contributed by atoms with Gasteiger partial charge in [0, 0.05) is 38.9 Å². The second-order valence-electron chi connectivity index (χ2n) is 8.84. The molecule has 2 aromatic carbocycles. The van der Waals surface area contributed by atoms with E-state index in [9.17, 15) is 14.7 Å². The Labute approximate surface area is 186 Å². The summed E-state index contributed by atoms with van der Waals surface area (Å²) in [5.41, 5.74) is 2.60. The van der Waals surface area contributed by atoms with Crippen LogP contribution in [0.2, 0.25) is 0 Å². The summed E-state index contributed by atoms with van der Waals surface area (Å²) in [6, 6.07) is 15.6. The number of nitrogens with zero attached hydrogens (tertiary/aromatic N) is 3. The van der Waals surface area contributed by atoms with Gasteiger partial charge in [-0.25, -0.2) is 4.79 Å². The van der Waals surface area contributed by atoms with Gasteiger partial charge in [-0.1, -0.05) is 36.4 Å². The molecule has 0 unspecified atom stereocenters. The molecule has 32 heavy (non-hydrogen) atoms. The Bertz CT molecular complexity index is 1230. The zero-order chi connectivity index (χ0) is 22.1. The number of hydrogen-bond acceptors (Lipinski definition) is 5. The fourth-order valence-electron chi connectivity index (χ4n) is 5.06. The molecule has 0 aliphatic carbocycles. The molecule has 0 spiro atoms. The van der Waals surface area contributed by atoms with Gasteiger partial charge in [0.2, 0.25) is 0 Å². The van der Waals surface area contributed by atoms with E-state index >= 15 is 0 Å². The quantitative estimate of drug-likeness (QED) is 0.663. The van der Waals surface area contributed by atoms with E-state index in [1.165, 1.54) is 15.7 Å². The fraction of sp³-hybridized carbons (Fsp3) is 0.440. The molecule has 1 N–H and O–H groups in total. The lowest BCUT2D eigenvalue weighted by molar-refractivity contribution is 0.0676. The van der Waals surface area contributed by atoms with Crippen molar-refractivity contribution in [3.63, 3.8) is 0 Å². The van der Waals surface area contributed by atoms with Gasteiger partial charge in [-0.05, 0) is 42.5 Å². The highest BCUT2D eigenvalue weighted by Gasteiger charge is 2.24. The molecule has 0 bridgehead atoms. The van der Waals surface area contributed by atoms with Crippen molar-refractivity contribution in [3.05, 3.63) is 80.5 Å². The smallest absolute Gasteiger partial charge is 0.331 e. The van der Waals surface area contributed by atoms with Crippen molar-refractivity contribution in [2.45, 2.75) is 44.5 Å². The molecule has 7 nitrogen and oxygen atoms in total. The minimum absolute atomic E-state index is 0.0101. The number of benzene rings is 2. The van der Waals surface area contributed by atoms with Crippen LogP contribution in [0.4, 0.5) is 0 Å². The van der Waals surface area contributed by atoms with Crippen LogP contribution < -0.4 is 11.2 Å². The predicted molar refractivity (Wildman–Crippen MR) is 123 cm³/mol. The Morgan fingerprint density at radius 2 is 1.69 bits per heavy atom. The lowest BCUT2D eigenvalue weighted by Crippen LogP contribution is -2.46. The molecule has 1 aromatic heterocycles. The van der Waals surface area contributed by atoms with E-state index in [1.54, 1.807) is 10.6 Å². The number of fused-ring (bicyclic) bond motifs is 2. The van der Waals surface area contributed by atoms with E-state index in [1.807, 2.05) is 24.3 Å². The average Bonchev–Trinajstić information content (AvgIpc) is 2.82. The molecule has 0 radical (unpaired) electrons. The van der Waals surface area contributed by atoms with Crippen molar-refractivity contribution in [3.8, 4) is 0 Å². The standard InChI is InChI=1S/C25H29N3O4/c29-21(16-26-12-9-18-5-1-2-6-19(18)15-26)17-27-24(30)22-7-3-4-8-23(22)28(25(27)31)20-10-13-32-14-11-20/h1-8,20-21,29H,9-17H2/t21-/m1/s1. The molecule has 3 heterocycles. The zero-order valence-electron chi connectivity index (χ0n) is 18.2. The summed E-state index contributed by atoms with van der Waals surface area (Å²) in [5.74, 6) is 0. The van der Waals surface area contributed by atoms with Gasteiger partial charge in [0.1, 0.15) is 0 Å². The monoisotopic (exact) mass is 435 g/mol. The molecule has 0 amide bonds. The number of aromatic nitrogens is 2. The summed E-state index contributed by atoms with van der Waals surface area (Å²) >= 11 is 0. The van der Waals surface area contributed by atoms with Crippen LogP contribution in [0.3, 0.4) is 0 Å². The molecular weight excluding hydrogens is 406 g/mol. The predicted octanol–water partition coefficient (Wildman–Crippen LogP) is 1.93. The Kier molecular flexibility index (Phi) is 5.95. The van der Waals surface area contributed by atoms with Crippen molar-refractivity contribution in [2.24, 2.45) is 0 Å². The molecule has 2 aliphatic rings. The summed E-state index contributed by atoms with van der Waals surface area (Å²) in [6.07, 6.45) is 1.60. The molecule has 3 aromatic rings. The van der Waals surface area contributed by atoms with Crippen LogP contribution in [0, 0.1) is 0 Å². The number of hydrogen-bond donors (Lipinski definition) is 1. The molecule has 5 rings (SSSR count). The number of aliphatic hydroxyl groups is 1. The van der Waals surface area contributed by atoms with Crippen molar-refractivity contribution >= 4 is 10.9 Å². The van der Waals surface area contributed by atoms with Crippen LogP contribution in [-0.4, -0.2) is 51.5 Å². The molecule has 2 aliphatic heterocycles. The van der Waals surface area contributed by atoms with Gasteiger partial charge >= 0.3 is 5.69 Å². The number of β-amino-alcohol motifs (C(OH)–C–C–N with tert-alkyl or cyclic N) is 1. The Morgan fingerprint density at radius 1 is 0.969 bits per heavy atom. The fourth-order valence-corrected chi connectivity index (χ4v) is 5.06. The minimum atomic E-state index is -0.810. The van der Waals surface area contributed by atoms with Crippen LogP contribution >= 0.6 is 0 Å². The maximum atomic E-state index is 13.5. The Hall–Kier alpha value is -2.74. The molecule has 7 heteroatoms. The topological polar surface area (TPSA) is 76.7 Å². The van der Waals surface area contributed by atoms with Crippen LogP contribution in [0.25, 0.3) is 10.9 Å². The molecule has 1 saturated heterocycles. The van der Waals surface area contributed by atoms with E-state index in [0.717, 1.165) is 32.4 Å². The van der Waals surface area contributed by atoms with E-state index < -0.39 is 6.10 Å². The third-order valence-electron chi connectivity index (χ3n) is 6.70. The minimum Gasteiger partial charge on any atom is -0.390 e. The van der Waals surface area contributed by atoms with E-state index in [4.69, 9.17) is 4.74 Å².